The molecule has 0 aromatic rings. The fraction of sp³-hybridized carbons (Fsp3) is 0.833. The van der Waals surface area contributed by atoms with Gasteiger partial charge < -0.3 is 41.8 Å². The number of guanidine groups is 3. The predicted molar refractivity (Wildman–Crippen MR) is 220 cm³/mol. The van der Waals surface area contributed by atoms with Gasteiger partial charge in [0.2, 0.25) is 0 Å². The zero-order valence-corrected chi connectivity index (χ0v) is 34.2. The molecule has 13 nitrogen and oxygen atoms in total. The molecule has 0 aromatic heterocycles. The minimum Gasteiger partial charge on any atom is -0.465 e. The lowest BCUT2D eigenvalue weighted by Crippen LogP contribution is -2.63. The number of carbonyl (C=O) groups excluding carboxylic acids is 2. The van der Waals surface area contributed by atoms with E-state index in [1.807, 2.05) is 4.90 Å². The average molecular weight is 768 g/mol. The minimum absolute atomic E-state index is 0.0639. The van der Waals surface area contributed by atoms with E-state index in [9.17, 15) is 9.59 Å². The fourth-order valence-corrected chi connectivity index (χ4v) is 9.47. The maximum absolute atomic E-state index is 13.4. The van der Waals surface area contributed by atoms with Crippen LogP contribution >= 0.6 is 0 Å². The number of hydrogen-bond donors (Lipinski definition) is 4. The van der Waals surface area contributed by atoms with Gasteiger partial charge in [0.05, 0.1) is 36.8 Å². The number of unbranched alkanes of at least 4 members (excludes halogenated alkanes) is 13. The lowest BCUT2D eigenvalue weighted by atomic mass is 9.89. The van der Waals surface area contributed by atoms with E-state index in [2.05, 4.69) is 29.1 Å². The molecule has 7 N–H and O–H groups in total. The van der Waals surface area contributed by atoms with Crippen LogP contribution in [0.15, 0.2) is 26.2 Å². The molecule has 13 heteroatoms. The van der Waals surface area contributed by atoms with E-state index < -0.39 is 0 Å². The van der Waals surface area contributed by atoms with Gasteiger partial charge in [-0.2, -0.15) is 0 Å². The van der Waals surface area contributed by atoms with Gasteiger partial charge in [-0.3, -0.25) is 9.79 Å². The maximum Gasteiger partial charge on any atom is 0.337 e. The molecule has 0 bridgehead atoms. The molecule has 0 saturated carbocycles. The van der Waals surface area contributed by atoms with Crippen LogP contribution in [0.5, 0.6) is 0 Å². The van der Waals surface area contributed by atoms with Crippen LogP contribution in [-0.4, -0.2) is 96.1 Å². The molecule has 0 aliphatic carbocycles. The number of hydrogen-bond acceptors (Lipinski definition) is 11. The number of aliphatic imine (C=N–C) groups is 3. The summed E-state index contributed by atoms with van der Waals surface area (Å²) in [5, 5.41) is 3.77. The highest BCUT2D eigenvalue weighted by atomic mass is 16.5. The van der Waals surface area contributed by atoms with E-state index in [0.29, 0.717) is 49.8 Å². The van der Waals surface area contributed by atoms with Crippen molar-refractivity contribution in [3.63, 3.8) is 0 Å². The first-order valence-electron chi connectivity index (χ1n) is 22.1. The largest absolute Gasteiger partial charge is 0.465 e. The molecule has 0 radical (unpaired) electrons. The number of fused-ring (bicyclic) bond motifs is 1. The Kier molecular flexibility index (Phi) is 17.3. The van der Waals surface area contributed by atoms with Gasteiger partial charge in [-0.25, -0.2) is 14.8 Å². The predicted octanol–water partition coefficient (Wildman–Crippen LogP) is 6.00. The molecular weight excluding hydrogens is 695 g/mol. The van der Waals surface area contributed by atoms with Crippen LogP contribution in [0.3, 0.4) is 0 Å². The van der Waals surface area contributed by atoms with Crippen LogP contribution in [0.2, 0.25) is 0 Å². The van der Waals surface area contributed by atoms with Gasteiger partial charge in [0, 0.05) is 36.9 Å². The normalized spacial score (nSPS) is 25.5. The SMILES string of the molecule is CCCCCCCCCC1CC2CCC3[C@@H](C(=O)OCCCCCCCCC[C@H]4N=C(N)N5CCCC5=C4C(=O)OCCCCN=C(N)N)[C@@H](C)N=C(N1)N23. The van der Waals surface area contributed by atoms with Gasteiger partial charge >= 0.3 is 11.9 Å². The van der Waals surface area contributed by atoms with Gasteiger partial charge in [-0.1, -0.05) is 90.4 Å². The van der Waals surface area contributed by atoms with E-state index >= 15 is 0 Å². The van der Waals surface area contributed by atoms with Gasteiger partial charge in [0.15, 0.2) is 17.9 Å². The molecule has 55 heavy (non-hydrogen) atoms. The highest BCUT2D eigenvalue weighted by Crippen LogP contribution is 2.40. The first-order chi connectivity index (χ1) is 26.8. The summed E-state index contributed by atoms with van der Waals surface area (Å²) in [5.74, 6) is 1.09. The van der Waals surface area contributed by atoms with Crippen LogP contribution in [0.1, 0.15) is 162 Å². The molecule has 5 rings (SSSR count). The van der Waals surface area contributed by atoms with E-state index in [4.69, 9.17) is 36.7 Å². The summed E-state index contributed by atoms with van der Waals surface area (Å²) < 4.78 is 11.6. The molecule has 0 amide bonds. The van der Waals surface area contributed by atoms with E-state index in [-0.39, 0.29) is 41.9 Å². The highest BCUT2D eigenvalue weighted by molar-refractivity contribution is 5.95. The number of carbonyl (C=O) groups is 2. The lowest BCUT2D eigenvalue weighted by molar-refractivity contribution is -0.151. The second-order valence-corrected chi connectivity index (χ2v) is 16.6. The average Bonchev–Trinajstić information content (AvgIpc) is 3.82. The summed E-state index contributed by atoms with van der Waals surface area (Å²) in [5.41, 5.74) is 18.8. The molecule has 0 aromatic carbocycles. The first-order valence-corrected chi connectivity index (χ1v) is 22.1. The summed E-state index contributed by atoms with van der Waals surface area (Å²) in [6, 6.07) is 0.876. The molecule has 310 valence electrons. The number of allylic oxidation sites excluding steroid dienone is 1. The molecular formula is C42H73N9O4. The van der Waals surface area contributed by atoms with Crippen LogP contribution in [0, 0.1) is 5.92 Å². The Labute approximate surface area is 330 Å². The Bertz CT molecular complexity index is 1360. The molecule has 5 heterocycles. The van der Waals surface area contributed by atoms with Crippen molar-refractivity contribution in [3.8, 4) is 0 Å². The van der Waals surface area contributed by atoms with Crippen molar-refractivity contribution in [2.75, 3.05) is 26.3 Å². The fourth-order valence-electron chi connectivity index (χ4n) is 9.47. The summed E-state index contributed by atoms with van der Waals surface area (Å²) in [6.07, 6.45) is 25.3. The topological polar surface area (TPSA) is 186 Å². The van der Waals surface area contributed by atoms with Crippen LogP contribution in [0.25, 0.3) is 0 Å². The Morgan fingerprint density at radius 2 is 1.53 bits per heavy atom. The summed E-state index contributed by atoms with van der Waals surface area (Å²) in [7, 11) is 0. The third-order valence-electron chi connectivity index (χ3n) is 12.4. The van der Waals surface area contributed by atoms with Gasteiger partial charge in [-0.05, 0) is 71.1 Å². The number of nitrogens with one attached hydrogen (secondary N) is 1. The highest BCUT2D eigenvalue weighted by Gasteiger charge is 2.51. The van der Waals surface area contributed by atoms with E-state index in [0.717, 1.165) is 108 Å². The molecule has 5 aliphatic rings. The smallest absolute Gasteiger partial charge is 0.337 e. The summed E-state index contributed by atoms with van der Waals surface area (Å²) >= 11 is 0. The Morgan fingerprint density at radius 3 is 2.27 bits per heavy atom. The number of nitrogens with zero attached hydrogens (tertiary/aromatic N) is 5. The van der Waals surface area contributed by atoms with Crippen LogP contribution in [0.4, 0.5) is 0 Å². The van der Waals surface area contributed by atoms with Crippen molar-refractivity contribution in [1.82, 2.24) is 15.1 Å². The Hall–Kier alpha value is -3.51. The lowest BCUT2D eigenvalue weighted by Gasteiger charge is -2.46. The van der Waals surface area contributed by atoms with Crippen molar-refractivity contribution in [1.29, 1.82) is 0 Å². The molecule has 6 atom stereocenters. The standard InChI is InChI=1S/C42H73N9O4/c1-3-4-5-6-8-11-14-20-31-29-32-23-24-35-36(30(2)47-42(48-31)51(32)35)38(52)54-27-17-13-10-7-9-12-15-21-33-37(34-22-19-26-50(34)41(45)49-33)39(53)55-28-18-16-25-46-40(43)44/h30-33,35-36H,3-29H2,1-2H3,(H2,45,49)(H,47,48)(H4,43,44,46)/t30-,31?,32?,33-,35?,36+/m1/s1. The van der Waals surface area contributed by atoms with Crippen molar-refractivity contribution >= 4 is 29.8 Å². The van der Waals surface area contributed by atoms with Gasteiger partial charge in [0.1, 0.15) is 0 Å². The van der Waals surface area contributed by atoms with Crippen LogP contribution in [-0.2, 0) is 19.1 Å². The van der Waals surface area contributed by atoms with E-state index in [1.54, 1.807) is 0 Å². The number of esters is 2. The number of rotatable bonds is 25. The third kappa shape index (κ3) is 12.2. The quantitative estimate of drug-likeness (QED) is 0.0372. The van der Waals surface area contributed by atoms with Crippen molar-refractivity contribution in [2.24, 2.45) is 38.1 Å². The monoisotopic (exact) mass is 768 g/mol. The summed E-state index contributed by atoms with van der Waals surface area (Å²) in [4.78, 5) is 44.8. The Morgan fingerprint density at radius 1 is 0.855 bits per heavy atom. The molecule has 0 spiro atoms. The van der Waals surface area contributed by atoms with Crippen molar-refractivity contribution < 1.29 is 19.1 Å². The third-order valence-corrected chi connectivity index (χ3v) is 12.4. The molecule has 3 fully saturated rings. The van der Waals surface area contributed by atoms with E-state index in [1.165, 1.54) is 51.4 Å². The van der Waals surface area contributed by atoms with Gasteiger partial charge in [-0.15, -0.1) is 0 Å². The maximum atomic E-state index is 13.4. The second kappa shape index (κ2) is 22.3. The second-order valence-electron chi connectivity index (χ2n) is 16.6. The zero-order chi connectivity index (χ0) is 39.0. The minimum atomic E-state index is -0.278. The van der Waals surface area contributed by atoms with Gasteiger partial charge in [0.25, 0.3) is 0 Å². The van der Waals surface area contributed by atoms with Crippen molar-refractivity contribution in [2.45, 2.75) is 192 Å². The van der Waals surface area contributed by atoms with Crippen molar-refractivity contribution in [3.05, 3.63) is 11.3 Å². The molecule has 3 unspecified atom stereocenters. The molecule has 3 saturated heterocycles. The zero-order valence-electron chi connectivity index (χ0n) is 34.2. The number of nitrogens with two attached hydrogens (primary N) is 3. The van der Waals surface area contributed by atoms with Crippen LogP contribution < -0.4 is 22.5 Å². The first kappa shape index (κ1) is 42.6. The number of ether oxygens (including phenoxy) is 2. The summed E-state index contributed by atoms with van der Waals surface area (Å²) in [6.45, 7) is 6.48. The Balaban J connectivity index is 0.945. The molecule has 5 aliphatic heterocycles.